The maximum absolute atomic E-state index is 13.1. The maximum atomic E-state index is 13.1. The van der Waals surface area contributed by atoms with Crippen LogP contribution in [0.5, 0.6) is 0 Å². The van der Waals surface area contributed by atoms with Crippen molar-refractivity contribution in [2.45, 2.75) is 44.2 Å². The molecule has 0 bridgehead atoms. The van der Waals surface area contributed by atoms with E-state index in [9.17, 15) is 4.57 Å². The van der Waals surface area contributed by atoms with E-state index in [1.54, 1.807) is 0 Å². The number of rotatable bonds is 5. The Morgan fingerprint density at radius 3 is 1.88 bits per heavy atom. The number of hydrogen-bond donors (Lipinski definition) is 0. The molecule has 0 heterocycles. The van der Waals surface area contributed by atoms with E-state index in [2.05, 4.69) is 107 Å². The second-order valence-corrected chi connectivity index (χ2v) is 12.8. The zero-order valence-electron chi connectivity index (χ0n) is 16.0. The summed E-state index contributed by atoms with van der Waals surface area (Å²) in [6, 6.07) is 21.6. The predicted octanol–water partition coefficient (Wildman–Crippen LogP) is 6.00. The van der Waals surface area contributed by atoms with E-state index in [1.165, 1.54) is 16.2 Å². The lowest BCUT2D eigenvalue weighted by molar-refractivity contribution is 0.562. The first-order valence-corrected chi connectivity index (χ1v) is 11.9. The van der Waals surface area contributed by atoms with Crippen LogP contribution >= 0.6 is 15.7 Å². The smallest absolute Gasteiger partial charge is 0.0731 e. The molecule has 0 aromatic heterocycles. The molecule has 2 aromatic rings. The van der Waals surface area contributed by atoms with Crippen LogP contribution in [0, 0.1) is 0 Å². The third kappa shape index (κ3) is 4.06. The standard InChI is InChI=1S/C23H27OP2/c1-18(21-16-11-17-22(21)26(24)23(2,3)4)25(19-12-7-5-8-13-19)20-14-9-6-10-15-20/h5-18,22H,1-4H3/q+1/t18?,22-/m1/s1. The second kappa shape index (κ2) is 7.99. The quantitative estimate of drug-likeness (QED) is 0.581. The normalized spacial score (nSPS) is 18.7. The number of benzene rings is 2. The number of allylic oxidation sites excluding steroid dienone is 4. The molecule has 0 aliphatic heterocycles. The van der Waals surface area contributed by atoms with Gasteiger partial charge in [0.15, 0.2) is 10.8 Å². The Kier molecular flexibility index (Phi) is 5.91. The van der Waals surface area contributed by atoms with Crippen molar-refractivity contribution in [3.63, 3.8) is 0 Å². The summed E-state index contributed by atoms with van der Waals surface area (Å²) < 4.78 is 13.1. The minimum atomic E-state index is -1.35. The summed E-state index contributed by atoms with van der Waals surface area (Å²) in [4.78, 5) is 0. The molecule has 2 unspecified atom stereocenters. The molecule has 0 fully saturated rings. The minimum absolute atomic E-state index is 0.0532. The lowest BCUT2D eigenvalue weighted by Gasteiger charge is -2.28. The summed E-state index contributed by atoms with van der Waals surface area (Å²) in [7, 11) is -1.90. The fraction of sp³-hybridized carbons (Fsp3) is 0.304. The van der Waals surface area contributed by atoms with E-state index in [1.807, 2.05) is 0 Å². The molecule has 1 aliphatic carbocycles. The average molecular weight is 381 g/mol. The van der Waals surface area contributed by atoms with Gasteiger partial charge in [0.1, 0.15) is 0 Å². The van der Waals surface area contributed by atoms with Gasteiger partial charge < -0.3 is 0 Å². The van der Waals surface area contributed by atoms with Crippen molar-refractivity contribution < 1.29 is 4.57 Å². The summed E-state index contributed by atoms with van der Waals surface area (Å²) in [5.74, 6) is 0. The summed E-state index contributed by atoms with van der Waals surface area (Å²) in [5, 5.41) is 2.56. The second-order valence-electron chi connectivity index (χ2n) is 7.71. The van der Waals surface area contributed by atoms with E-state index < -0.39 is 15.7 Å². The molecule has 0 spiro atoms. The van der Waals surface area contributed by atoms with Crippen molar-refractivity contribution in [1.29, 1.82) is 0 Å². The van der Waals surface area contributed by atoms with Gasteiger partial charge in [0.25, 0.3) is 0 Å². The zero-order valence-corrected chi connectivity index (χ0v) is 17.8. The van der Waals surface area contributed by atoms with Crippen LogP contribution in [0.2, 0.25) is 0 Å². The van der Waals surface area contributed by atoms with E-state index >= 15 is 0 Å². The van der Waals surface area contributed by atoms with E-state index in [0.717, 1.165) is 0 Å². The summed E-state index contributed by atoms with van der Waals surface area (Å²) >= 11 is 0. The molecule has 26 heavy (non-hydrogen) atoms. The van der Waals surface area contributed by atoms with Gasteiger partial charge in [0.2, 0.25) is 0 Å². The molecule has 1 aliphatic rings. The highest BCUT2D eigenvalue weighted by molar-refractivity contribution is 7.73. The van der Waals surface area contributed by atoms with Crippen LogP contribution in [0.3, 0.4) is 0 Å². The highest BCUT2D eigenvalue weighted by Gasteiger charge is 2.45. The predicted molar refractivity (Wildman–Crippen MR) is 117 cm³/mol. The van der Waals surface area contributed by atoms with Crippen LogP contribution in [0.15, 0.2) is 84.5 Å². The highest BCUT2D eigenvalue weighted by Crippen LogP contribution is 2.53. The largest absolute Gasteiger partial charge is 0.355 e. The molecule has 0 saturated heterocycles. The first kappa shape index (κ1) is 19.2. The van der Waals surface area contributed by atoms with Gasteiger partial charge in [-0.25, -0.2) is 0 Å². The first-order valence-electron chi connectivity index (χ1n) is 9.13. The molecule has 0 N–H and O–H groups in total. The third-order valence-corrected chi connectivity index (χ3v) is 9.86. The fourth-order valence-corrected chi connectivity index (χ4v) is 7.93. The summed E-state index contributed by atoms with van der Waals surface area (Å²) in [6.45, 7) is 8.55. The molecule has 0 amide bonds. The van der Waals surface area contributed by atoms with Crippen LogP contribution < -0.4 is 10.6 Å². The molecular weight excluding hydrogens is 354 g/mol. The molecule has 2 aromatic carbocycles. The van der Waals surface area contributed by atoms with E-state index in [-0.39, 0.29) is 10.8 Å². The lowest BCUT2D eigenvalue weighted by atomic mass is 10.2. The summed E-state index contributed by atoms with van der Waals surface area (Å²) in [5.41, 5.74) is 1.72. The van der Waals surface area contributed by atoms with E-state index in [0.29, 0.717) is 5.66 Å². The molecule has 0 saturated carbocycles. The first-order chi connectivity index (χ1) is 12.4. The zero-order chi connectivity index (χ0) is 18.7. The minimum Gasteiger partial charge on any atom is -0.0731 e. The Morgan fingerprint density at radius 2 is 1.42 bits per heavy atom. The molecule has 3 rings (SSSR count). The van der Waals surface area contributed by atoms with Crippen LogP contribution in [0.4, 0.5) is 0 Å². The Bertz CT molecular complexity index is 777. The highest BCUT2D eigenvalue weighted by atomic mass is 31.1. The van der Waals surface area contributed by atoms with Crippen LogP contribution in [0.1, 0.15) is 27.7 Å². The van der Waals surface area contributed by atoms with Crippen molar-refractivity contribution in [1.82, 2.24) is 0 Å². The Morgan fingerprint density at radius 1 is 0.923 bits per heavy atom. The van der Waals surface area contributed by atoms with Crippen molar-refractivity contribution >= 4 is 26.3 Å². The Balaban J connectivity index is 1.99. The van der Waals surface area contributed by atoms with Gasteiger partial charge in [-0.2, -0.15) is 0 Å². The van der Waals surface area contributed by atoms with Gasteiger partial charge in [0.05, 0.1) is 0 Å². The van der Waals surface area contributed by atoms with Gasteiger partial charge in [-0.3, -0.25) is 0 Å². The van der Waals surface area contributed by atoms with Crippen molar-refractivity contribution in [3.05, 3.63) is 84.5 Å². The molecular formula is C23H27OP2+. The summed E-state index contributed by atoms with van der Waals surface area (Å²) in [6.07, 6.45) is 6.44. The molecule has 1 nitrogen and oxygen atoms in total. The van der Waals surface area contributed by atoms with Gasteiger partial charge in [-0.15, -0.1) is 0 Å². The van der Waals surface area contributed by atoms with Crippen LogP contribution in [-0.2, 0) is 4.57 Å². The van der Waals surface area contributed by atoms with Crippen molar-refractivity contribution in [2.24, 2.45) is 0 Å². The van der Waals surface area contributed by atoms with E-state index in [4.69, 9.17) is 0 Å². The third-order valence-electron chi connectivity index (χ3n) is 4.78. The molecule has 3 heteroatoms. The fourth-order valence-electron chi connectivity index (χ4n) is 3.42. The Labute approximate surface area is 159 Å². The molecule has 0 radical (unpaired) electrons. The van der Waals surface area contributed by atoms with Gasteiger partial charge >= 0.3 is 7.80 Å². The van der Waals surface area contributed by atoms with Crippen molar-refractivity contribution in [3.8, 4) is 0 Å². The van der Waals surface area contributed by atoms with Gasteiger partial charge in [-0.1, -0.05) is 84.3 Å². The monoisotopic (exact) mass is 381 g/mol. The molecule has 134 valence electrons. The number of hydrogen-bond acceptors (Lipinski definition) is 1. The Hall–Kier alpha value is -1.55. The van der Waals surface area contributed by atoms with Gasteiger partial charge in [0, 0.05) is 5.66 Å². The van der Waals surface area contributed by atoms with Gasteiger partial charge in [-0.05, 0) is 51.0 Å². The molecule has 3 atom stereocenters. The van der Waals surface area contributed by atoms with Crippen LogP contribution in [-0.4, -0.2) is 16.5 Å². The van der Waals surface area contributed by atoms with Crippen molar-refractivity contribution in [2.75, 3.05) is 0 Å². The average Bonchev–Trinajstić information content (AvgIpc) is 3.12. The lowest BCUT2D eigenvalue weighted by Crippen LogP contribution is -2.25. The maximum Gasteiger partial charge on any atom is 0.355 e. The topological polar surface area (TPSA) is 17.1 Å². The SMILES string of the molecule is CC(C1=CC=C[C@H]1[P+](=O)C(C)(C)C)P(c1ccccc1)c1ccccc1. The van der Waals surface area contributed by atoms with Crippen LogP contribution in [0.25, 0.3) is 0 Å².